The molecular weight excluding hydrogens is 434 g/mol. The predicted octanol–water partition coefficient (Wildman–Crippen LogP) is 5.07. The van der Waals surface area contributed by atoms with Crippen molar-refractivity contribution in [2.24, 2.45) is 11.8 Å². The van der Waals surface area contributed by atoms with E-state index >= 15 is 0 Å². The minimum atomic E-state index is -1.85. The summed E-state index contributed by atoms with van der Waals surface area (Å²) in [5, 5.41) is 0. The maximum atomic E-state index is 13.3. The van der Waals surface area contributed by atoms with Gasteiger partial charge in [0.1, 0.15) is 18.1 Å². The number of hydrogen-bond acceptors (Lipinski definition) is 5. The van der Waals surface area contributed by atoms with Gasteiger partial charge in [-0.3, -0.25) is 4.79 Å². The summed E-state index contributed by atoms with van der Waals surface area (Å²) < 4.78 is 17.4. The number of β-lactam (4-membered cyclic amide) rings is 1. The number of hydrogen-bond donors (Lipinski definition) is 0. The molecule has 0 aromatic heterocycles. The van der Waals surface area contributed by atoms with Gasteiger partial charge in [0.25, 0.3) is 0 Å². The molecule has 33 heavy (non-hydrogen) atoms. The highest BCUT2D eigenvalue weighted by Crippen LogP contribution is 2.48. The molecule has 0 saturated carbocycles. The van der Waals surface area contributed by atoms with Crippen molar-refractivity contribution in [3.63, 3.8) is 0 Å². The third-order valence-corrected chi connectivity index (χ3v) is 12.3. The summed E-state index contributed by atoms with van der Waals surface area (Å²) in [6.07, 6.45) is 1.51. The lowest BCUT2D eigenvalue weighted by atomic mass is 9.78. The summed E-state index contributed by atoms with van der Waals surface area (Å²) in [6.45, 7) is 14.7. The normalized spacial score (nSPS) is 23.2. The summed E-state index contributed by atoms with van der Waals surface area (Å²) in [5.74, 6) is -0.0585. The van der Waals surface area contributed by atoms with Gasteiger partial charge >= 0.3 is 5.97 Å². The summed E-state index contributed by atoms with van der Waals surface area (Å²) in [6, 6.07) is 10.4. The number of esters is 1. The van der Waals surface area contributed by atoms with E-state index in [1.807, 2.05) is 31.2 Å². The van der Waals surface area contributed by atoms with Gasteiger partial charge < -0.3 is 18.8 Å². The summed E-state index contributed by atoms with van der Waals surface area (Å²) in [4.78, 5) is 28.0. The minimum absolute atomic E-state index is 0.000678. The number of amides is 1. The molecular formula is C26H37NO5Si. The third-order valence-electron chi connectivity index (χ3n) is 7.52. The van der Waals surface area contributed by atoms with Crippen molar-refractivity contribution in [3.8, 4) is 5.75 Å². The van der Waals surface area contributed by atoms with Crippen LogP contribution >= 0.6 is 0 Å². The molecule has 1 amide bonds. The number of carbonyl (C=O) groups excluding carboxylic acids is 2. The van der Waals surface area contributed by atoms with E-state index in [1.165, 1.54) is 0 Å². The number of carbonyl (C=O) groups is 2. The van der Waals surface area contributed by atoms with Gasteiger partial charge in [-0.2, -0.15) is 0 Å². The van der Waals surface area contributed by atoms with Crippen LogP contribution in [0.5, 0.6) is 5.75 Å². The topological polar surface area (TPSA) is 65.1 Å². The number of ether oxygens (including phenoxy) is 2. The molecule has 0 spiro atoms. The highest BCUT2D eigenvalue weighted by Gasteiger charge is 2.60. The standard InChI is InChI=1S/C26H37NO5Si/c1-8-21-17(5)23-22(18(6)32-33(9-2,10-3)11-4)25(28)27(23)24(21)26(29)31-16-19-12-14-20(30-7)15-13-19/h8,12-15,17-18,22-23H,1,9-11,16H2,2-7H3/t17-,18+,22+,23+/m0/s1. The van der Waals surface area contributed by atoms with E-state index in [2.05, 4.69) is 34.3 Å². The Kier molecular flexibility index (Phi) is 7.85. The molecule has 0 radical (unpaired) electrons. The van der Waals surface area contributed by atoms with Crippen molar-refractivity contribution in [2.75, 3.05) is 7.11 Å². The average molecular weight is 472 g/mol. The summed E-state index contributed by atoms with van der Waals surface area (Å²) in [7, 11) is -0.242. The highest BCUT2D eigenvalue weighted by atomic mass is 28.4. The second kappa shape index (κ2) is 10.3. The Morgan fingerprint density at radius 2 is 1.79 bits per heavy atom. The fraction of sp³-hybridized carbons (Fsp3) is 0.538. The molecule has 1 fully saturated rings. The van der Waals surface area contributed by atoms with Gasteiger partial charge in [0.05, 0.1) is 25.2 Å². The molecule has 3 rings (SSSR count). The number of methoxy groups -OCH3 is 1. The molecule has 0 aliphatic carbocycles. The van der Waals surface area contributed by atoms with E-state index in [0.29, 0.717) is 5.70 Å². The van der Waals surface area contributed by atoms with E-state index in [4.69, 9.17) is 13.9 Å². The highest BCUT2D eigenvalue weighted by molar-refractivity contribution is 6.73. The zero-order chi connectivity index (χ0) is 24.3. The first kappa shape index (κ1) is 25.2. The maximum absolute atomic E-state index is 13.3. The molecule has 0 bridgehead atoms. The maximum Gasteiger partial charge on any atom is 0.355 e. The lowest BCUT2D eigenvalue weighted by Crippen LogP contribution is -2.65. The van der Waals surface area contributed by atoms with Crippen LogP contribution in [-0.4, -0.2) is 44.3 Å². The Labute approximate surface area is 198 Å². The lowest BCUT2D eigenvalue weighted by molar-refractivity contribution is -0.163. The fourth-order valence-corrected chi connectivity index (χ4v) is 8.18. The van der Waals surface area contributed by atoms with Gasteiger partial charge in [-0.1, -0.05) is 52.5 Å². The Hall–Kier alpha value is -2.38. The largest absolute Gasteiger partial charge is 0.497 e. The Bertz CT molecular complexity index is 913. The number of benzene rings is 1. The molecule has 1 saturated heterocycles. The first-order chi connectivity index (χ1) is 15.8. The van der Waals surface area contributed by atoms with Crippen LogP contribution in [0.1, 0.15) is 40.2 Å². The number of fused-ring (bicyclic) bond motifs is 1. The second-order valence-corrected chi connectivity index (χ2v) is 13.7. The smallest absolute Gasteiger partial charge is 0.355 e. The zero-order valence-corrected chi connectivity index (χ0v) is 21.7. The fourth-order valence-electron chi connectivity index (χ4n) is 5.25. The van der Waals surface area contributed by atoms with Gasteiger partial charge in [0.15, 0.2) is 8.32 Å². The molecule has 1 aromatic rings. The predicted molar refractivity (Wildman–Crippen MR) is 131 cm³/mol. The molecule has 2 heterocycles. The van der Waals surface area contributed by atoms with Crippen molar-refractivity contribution in [1.82, 2.24) is 4.90 Å². The number of nitrogens with zero attached hydrogens (tertiary/aromatic N) is 1. The number of allylic oxidation sites excluding steroid dienone is 1. The van der Waals surface area contributed by atoms with Crippen LogP contribution in [0.3, 0.4) is 0 Å². The zero-order valence-electron chi connectivity index (χ0n) is 20.7. The van der Waals surface area contributed by atoms with Crippen molar-refractivity contribution >= 4 is 20.2 Å². The molecule has 2 aliphatic rings. The van der Waals surface area contributed by atoms with Crippen molar-refractivity contribution in [1.29, 1.82) is 0 Å². The number of rotatable bonds is 11. The van der Waals surface area contributed by atoms with E-state index < -0.39 is 14.3 Å². The molecule has 6 nitrogen and oxygen atoms in total. The van der Waals surface area contributed by atoms with Gasteiger partial charge in [-0.25, -0.2) is 4.79 Å². The van der Waals surface area contributed by atoms with Gasteiger partial charge in [0.2, 0.25) is 5.91 Å². The van der Waals surface area contributed by atoms with Gasteiger partial charge in [-0.05, 0) is 48.3 Å². The molecule has 2 aliphatic heterocycles. The van der Waals surface area contributed by atoms with E-state index in [1.54, 1.807) is 18.1 Å². The van der Waals surface area contributed by atoms with Crippen LogP contribution < -0.4 is 4.74 Å². The summed E-state index contributed by atoms with van der Waals surface area (Å²) in [5.41, 5.74) is 1.95. The van der Waals surface area contributed by atoms with Crippen LogP contribution in [0, 0.1) is 11.8 Å². The van der Waals surface area contributed by atoms with Crippen LogP contribution in [0.15, 0.2) is 48.2 Å². The Balaban J connectivity index is 1.74. The molecule has 0 unspecified atom stereocenters. The second-order valence-electron chi connectivity index (χ2n) is 9.01. The average Bonchev–Trinajstić information content (AvgIpc) is 3.09. The van der Waals surface area contributed by atoms with E-state index in [0.717, 1.165) is 35.0 Å². The molecule has 0 N–H and O–H groups in total. The van der Waals surface area contributed by atoms with E-state index in [9.17, 15) is 9.59 Å². The first-order valence-electron chi connectivity index (χ1n) is 11.9. The monoisotopic (exact) mass is 471 g/mol. The first-order valence-corrected chi connectivity index (χ1v) is 14.5. The quantitative estimate of drug-likeness (QED) is 0.256. The molecule has 7 heteroatoms. The molecule has 4 atom stereocenters. The van der Waals surface area contributed by atoms with Crippen molar-refractivity contribution in [3.05, 3.63) is 53.8 Å². The van der Waals surface area contributed by atoms with Crippen LogP contribution in [0.25, 0.3) is 0 Å². The van der Waals surface area contributed by atoms with Crippen molar-refractivity contribution < 1.29 is 23.5 Å². The van der Waals surface area contributed by atoms with Crippen LogP contribution in [0.2, 0.25) is 18.1 Å². The Morgan fingerprint density at radius 1 is 1.18 bits per heavy atom. The van der Waals surface area contributed by atoms with Crippen LogP contribution in [-0.2, 0) is 25.4 Å². The molecule has 180 valence electrons. The SMILES string of the molecule is C=CC1=C(C(=O)OCc2ccc(OC)cc2)N2C(=O)[C@H]([C@@H](C)O[Si](CC)(CC)CC)[C@H]2[C@H]1C. The van der Waals surface area contributed by atoms with Gasteiger partial charge in [-0.15, -0.1) is 0 Å². The minimum Gasteiger partial charge on any atom is -0.497 e. The lowest BCUT2D eigenvalue weighted by Gasteiger charge is -2.49. The third kappa shape index (κ3) is 4.53. The van der Waals surface area contributed by atoms with E-state index in [-0.39, 0.29) is 36.5 Å². The Morgan fingerprint density at radius 3 is 2.30 bits per heavy atom. The van der Waals surface area contributed by atoms with Crippen molar-refractivity contribution in [2.45, 2.75) is 71.5 Å². The summed E-state index contributed by atoms with van der Waals surface area (Å²) >= 11 is 0. The van der Waals surface area contributed by atoms with Gasteiger partial charge in [0, 0.05) is 5.92 Å². The van der Waals surface area contributed by atoms with Crippen LogP contribution in [0.4, 0.5) is 0 Å². The molecule has 1 aromatic carbocycles.